The first-order valence-corrected chi connectivity index (χ1v) is 7.52. The molecule has 0 saturated carbocycles. The van der Waals surface area contributed by atoms with E-state index in [1.165, 1.54) is 0 Å². The first-order chi connectivity index (χ1) is 11.2. The predicted octanol–water partition coefficient (Wildman–Crippen LogP) is 3.12. The standard InChI is InChI=1S/C17H16ClNO4/c1-21-14-8-4-13(5-9-14)19-10-17(22-11-16(19)20)23-15-6-2-12(18)3-7-15/h2-9,17H,10-11H2,1H3. The Balaban J connectivity index is 1.70. The summed E-state index contributed by atoms with van der Waals surface area (Å²) < 4.78 is 16.3. The maximum Gasteiger partial charge on any atom is 0.253 e. The van der Waals surface area contributed by atoms with Crippen molar-refractivity contribution in [2.45, 2.75) is 6.29 Å². The van der Waals surface area contributed by atoms with Crippen molar-refractivity contribution in [1.29, 1.82) is 0 Å². The number of anilines is 1. The van der Waals surface area contributed by atoms with Crippen LogP contribution in [0.15, 0.2) is 48.5 Å². The lowest BCUT2D eigenvalue weighted by molar-refractivity contribution is -0.143. The molecule has 1 fully saturated rings. The van der Waals surface area contributed by atoms with Crippen LogP contribution >= 0.6 is 11.6 Å². The maximum atomic E-state index is 12.1. The van der Waals surface area contributed by atoms with Gasteiger partial charge in [-0.3, -0.25) is 4.79 Å². The van der Waals surface area contributed by atoms with Gasteiger partial charge < -0.3 is 19.1 Å². The predicted molar refractivity (Wildman–Crippen MR) is 87.2 cm³/mol. The van der Waals surface area contributed by atoms with E-state index in [4.69, 9.17) is 25.8 Å². The number of ether oxygens (including phenoxy) is 3. The summed E-state index contributed by atoms with van der Waals surface area (Å²) in [6.07, 6.45) is -0.532. The molecule has 23 heavy (non-hydrogen) atoms. The fraction of sp³-hybridized carbons (Fsp3) is 0.235. The lowest BCUT2D eigenvalue weighted by Crippen LogP contribution is -2.48. The fourth-order valence-corrected chi connectivity index (χ4v) is 2.42. The zero-order chi connectivity index (χ0) is 16.2. The Bertz CT molecular complexity index is 672. The van der Waals surface area contributed by atoms with Gasteiger partial charge in [0.15, 0.2) is 0 Å². The summed E-state index contributed by atoms with van der Waals surface area (Å²) >= 11 is 5.85. The van der Waals surface area contributed by atoms with Crippen LogP contribution in [0.4, 0.5) is 5.69 Å². The van der Waals surface area contributed by atoms with E-state index in [-0.39, 0.29) is 12.5 Å². The summed E-state index contributed by atoms with van der Waals surface area (Å²) in [4.78, 5) is 13.7. The zero-order valence-electron chi connectivity index (χ0n) is 12.6. The SMILES string of the molecule is COc1ccc(N2CC(Oc3ccc(Cl)cc3)OCC2=O)cc1. The molecular weight excluding hydrogens is 318 g/mol. The van der Waals surface area contributed by atoms with Crippen LogP contribution in [0.2, 0.25) is 5.02 Å². The van der Waals surface area contributed by atoms with Gasteiger partial charge in [-0.2, -0.15) is 0 Å². The number of hydrogen-bond acceptors (Lipinski definition) is 4. The monoisotopic (exact) mass is 333 g/mol. The van der Waals surface area contributed by atoms with Crippen molar-refractivity contribution in [3.63, 3.8) is 0 Å². The molecule has 0 aromatic heterocycles. The van der Waals surface area contributed by atoms with Gasteiger partial charge in [-0.05, 0) is 48.5 Å². The molecule has 0 spiro atoms. The molecular formula is C17H16ClNO4. The van der Waals surface area contributed by atoms with Crippen LogP contribution in [0.3, 0.4) is 0 Å². The number of benzene rings is 2. The molecule has 1 amide bonds. The molecule has 120 valence electrons. The largest absolute Gasteiger partial charge is 0.497 e. The van der Waals surface area contributed by atoms with Gasteiger partial charge in [0.05, 0.1) is 13.7 Å². The second-order valence-electron chi connectivity index (χ2n) is 5.01. The molecule has 3 rings (SSSR count). The average Bonchev–Trinajstić information content (AvgIpc) is 2.59. The van der Waals surface area contributed by atoms with Gasteiger partial charge in [0.2, 0.25) is 6.29 Å². The van der Waals surface area contributed by atoms with Crippen LogP contribution in [0, 0.1) is 0 Å². The summed E-state index contributed by atoms with van der Waals surface area (Å²) in [5, 5.41) is 0.636. The van der Waals surface area contributed by atoms with E-state index in [0.29, 0.717) is 17.3 Å². The Hall–Kier alpha value is -2.24. The summed E-state index contributed by atoms with van der Waals surface area (Å²) in [5.41, 5.74) is 0.781. The minimum atomic E-state index is -0.532. The van der Waals surface area contributed by atoms with Gasteiger partial charge in [-0.15, -0.1) is 0 Å². The fourth-order valence-electron chi connectivity index (χ4n) is 2.29. The van der Waals surface area contributed by atoms with Crippen LogP contribution in [0.25, 0.3) is 0 Å². The first-order valence-electron chi connectivity index (χ1n) is 7.14. The van der Waals surface area contributed by atoms with E-state index >= 15 is 0 Å². The van der Waals surface area contributed by atoms with Crippen molar-refractivity contribution >= 4 is 23.2 Å². The van der Waals surface area contributed by atoms with E-state index in [9.17, 15) is 4.79 Å². The number of methoxy groups -OCH3 is 1. The van der Waals surface area contributed by atoms with Gasteiger partial charge in [0, 0.05) is 10.7 Å². The smallest absolute Gasteiger partial charge is 0.253 e. The molecule has 1 aliphatic heterocycles. The van der Waals surface area contributed by atoms with E-state index in [1.54, 1.807) is 36.3 Å². The third kappa shape index (κ3) is 3.75. The summed E-state index contributed by atoms with van der Waals surface area (Å²) in [6, 6.07) is 14.3. The van der Waals surface area contributed by atoms with E-state index in [2.05, 4.69) is 0 Å². The number of carbonyl (C=O) groups is 1. The molecule has 5 nitrogen and oxygen atoms in total. The molecule has 1 aliphatic rings. The highest BCUT2D eigenvalue weighted by molar-refractivity contribution is 6.30. The van der Waals surface area contributed by atoms with Gasteiger partial charge in [-0.25, -0.2) is 0 Å². The number of morpholine rings is 1. The Morgan fingerprint density at radius 2 is 1.74 bits per heavy atom. The van der Waals surface area contributed by atoms with Crippen molar-refractivity contribution in [3.8, 4) is 11.5 Å². The Kier molecular flexibility index (Phi) is 4.69. The highest BCUT2D eigenvalue weighted by atomic mass is 35.5. The molecule has 1 saturated heterocycles. The molecule has 0 N–H and O–H groups in total. The lowest BCUT2D eigenvalue weighted by atomic mass is 10.2. The average molecular weight is 334 g/mol. The van der Waals surface area contributed by atoms with Crippen LogP contribution in [0.1, 0.15) is 0 Å². The maximum absolute atomic E-state index is 12.1. The van der Waals surface area contributed by atoms with Crippen LogP contribution in [-0.2, 0) is 9.53 Å². The topological polar surface area (TPSA) is 48.0 Å². The Labute approximate surface area is 139 Å². The third-order valence-electron chi connectivity index (χ3n) is 3.49. The highest BCUT2D eigenvalue weighted by Crippen LogP contribution is 2.24. The molecule has 2 aromatic rings. The van der Waals surface area contributed by atoms with E-state index < -0.39 is 6.29 Å². The zero-order valence-corrected chi connectivity index (χ0v) is 13.3. The Morgan fingerprint density at radius 3 is 2.39 bits per heavy atom. The Morgan fingerprint density at radius 1 is 1.09 bits per heavy atom. The van der Waals surface area contributed by atoms with Crippen molar-refractivity contribution < 1.29 is 19.0 Å². The quantitative estimate of drug-likeness (QED) is 0.862. The molecule has 1 unspecified atom stereocenters. The van der Waals surface area contributed by atoms with Gasteiger partial charge >= 0.3 is 0 Å². The van der Waals surface area contributed by atoms with Gasteiger partial charge in [0.25, 0.3) is 5.91 Å². The van der Waals surface area contributed by atoms with E-state index in [0.717, 1.165) is 11.4 Å². The van der Waals surface area contributed by atoms with Crippen LogP contribution in [-0.4, -0.2) is 32.5 Å². The number of halogens is 1. The molecule has 0 bridgehead atoms. The number of nitrogens with zero attached hydrogens (tertiary/aromatic N) is 1. The lowest BCUT2D eigenvalue weighted by Gasteiger charge is -2.32. The van der Waals surface area contributed by atoms with Crippen molar-refractivity contribution in [1.82, 2.24) is 0 Å². The second-order valence-corrected chi connectivity index (χ2v) is 5.45. The molecule has 0 aliphatic carbocycles. The van der Waals surface area contributed by atoms with Gasteiger partial charge in [-0.1, -0.05) is 11.6 Å². The summed E-state index contributed by atoms with van der Waals surface area (Å²) in [6.45, 7) is 0.290. The minimum Gasteiger partial charge on any atom is -0.497 e. The highest BCUT2D eigenvalue weighted by Gasteiger charge is 2.28. The number of amides is 1. The van der Waals surface area contributed by atoms with Crippen molar-refractivity contribution in [3.05, 3.63) is 53.6 Å². The number of hydrogen-bond donors (Lipinski definition) is 0. The molecule has 1 heterocycles. The number of rotatable bonds is 4. The minimum absolute atomic E-state index is 0.0235. The summed E-state index contributed by atoms with van der Waals surface area (Å²) in [7, 11) is 1.60. The second kappa shape index (κ2) is 6.89. The summed E-state index contributed by atoms with van der Waals surface area (Å²) in [5.74, 6) is 1.28. The molecule has 2 aromatic carbocycles. The van der Waals surface area contributed by atoms with Gasteiger partial charge in [0.1, 0.15) is 18.1 Å². The molecule has 0 radical (unpaired) electrons. The van der Waals surface area contributed by atoms with Crippen LogP contribution < -0.4 is 14.4 Å². The van der Waals surface area contributed by atoms with Crippen molar-refractivity contribution in [2.24, 2.45) is 0 Å². The number of carbonyl (C=O) groups excluding carboxylic acids is 1. The molecule has 6 heteroatoms. The third-order valence-corrected chi connectivity index (χ3v) is 3.74. The van der Waals surface area contributed by atoms with Crippen LogP contribution in [0.5, 0.6) is 11.5 Å². The first kappa shape index (κ1) is 15.6. The normalized spacial score (nSPS) is 17.9. The molecule has 1 atom stereocenters. The van der Waals surface area contributed by atoms with E-state index in [1.807, 2.05) is 24.3 Å². The van der Waals surface area contributed by atoms with Crippen molar-refractivity contribution in [2.75, 3.05) is 25.2 Å².